The van der Waals surface area contributed by atoms with E-state index in [0.717, 1.165) is 0 Å². The van der Waals surface area contributed by atoms with Crippen molar-refractivity contribution >= 4 is 28.8 Å². The third-order valence-electron chi connectivity index (χ3n) is 5.03. The van der Waals surface area contributed by atoms with Gasteiger partial charge < -0.3 is 14.2 Å². The standard InChI is InChI=1S/C24H29N3O7/c1-24(2,3)34-21(29)15-33-13-12-32-11-5-6-16-7-8-17-19(14-16)26(4)23(31)27(17)18-9-10-20(28)25-22(18)30/h7-8,14,18H,9-13,15H2,1-4H3,(H,25,28,30). The van der Waals surface area contributed by atoms with Crippen LogP contribution >= 0.6 is 0 Å². The highest BCUT2D eigenvalue weighted by Crippen LogP contribution is 2.23. The Kier molecular flexibility index (Phi) is 7.91. The van der Waals surface area contributed by atoms with Crippen molar-refractivity contribution in [3.05, 3.63) is 34.2 Å². The van der Waals surface area contributed by atoms with E-state index in [1.807, 2.05) is 0 Å². The van der Waals surface area contributed by atoms with Gasteiger partial charge in [0.2, 0.25) is 11.8 Å². The van der Waals surface area contributed by atoms with Gasteiger partial charge in [-0.15, -0.1) is 0 Å². The molecule has 2 heterocycles. The summed E-state index contributed by atoms with van der Waals surface area (Å²) in [5.74, 6) is 4.65. The van der Waals surface area contributed by atoms with Gasteiger partial charge >= 0.3 is 11.7 Å². The third kappa shape index (κ3) is 6.34. The number of aromatic nitrogens is 2. The van der Waals surface area contributed by atoms with E-state index in [4.69, 9.17) is 14.2 Å². The summed E-state index contributed by atoms with van der Waals surface area (Å²) < 4.78 is 18.6. The summed E-state index contributed by atoms with van der Waals surface area (Å²) in [5, 5.41) is 2.29. The summed E-state index contributed by atoms with van der Waals surface area (Å²) in [4.78, 5) is 48.0. The number of piperidine rings is 1. The van der Waals surface area contributed by atoms with E-state index in [9.17, 15) is 19.2 Å². The number of amides is 2. The van der Waals surface area contributed by atoms with Gasteiger partial charge in [-0.25, -0.2) is 9.59 Å². The number of rotatable bonds is 7. The molecule has 1 N–H and O–H groups in total. The first-order valence-corrected chi connectivity index (χ1v) is 11.0. The summed E-state index contributed by atoms with van der Waals surface area (Å²) in [6.45, 7) is 5.92. The predicted octanol–water partition coefficient (Wildman–Crippen LogP) is 1.04. The van der Waals surface area contributed by atoms with Crippen molar-refractivity contribution < 1.29 is 28.6 Å². The van der Waals surface area contributed by atoms with Crippen molar-refractivity contribution in [2.24, 2.45) is 7.05 Å². The Morgan fingerprint density at radius 3 is 2.59 bits per heavy atom. The first-order chi connectivity index (χ1) is 16.1. The van der Waals surface area contributed by atoms with Crippen molar-refractivity contribution in [2.45, 2.75) is 45.3 Å². The Morgan fingerprint density at radius 2 is 1.88 bits per heavy atom. The van der Waals surface area contributed by atoms with Gasteiger partial charge in [0, 0.05) is 19.0 Å². The molecule has 1 aliphatic rings. The molecule has 1 aromatic carbocycles. The van der Waals surface area contributed by atoms with Gasteiger partial charge in [0.25, 0.3) is 0 Å². The second-order valence-electron chi connectivity index (χ2n) is 8.88. The van der Waals surface area contributed by atoms with Gasteiger partial charge in [0.15, 0.2) is 0 Å². The number of hydrogen-bond donors (Lipinski definition) is 1. The minimum absolute atomic E-state index is 0.135. The lowest BCUT2D eigenvalue weighted by Gasteiger charge is -2.21. The molecular formula is C24H29N3O7. The van der Waals surface area contributed by atoms with Crippen LogP contribution in [0.4, 0.5) is 0 Å². The first-order valence-electron chi connectivity index (χ1n) is 11.0. The molecule has 10 heteroatoms. The van der Waals surface area contributed by atoms with E-state index in [-0.39, 0.29) is 50.9 Å². The van der Waals surface area contributed by atoms with Crippen LogP contribution in [-0.4, -0.2) is 58.9 Å². The van der Waals surface area contributed by atoms with Crippen molar-refractivity contribution in [3.63, 3.8) is 0 Å². The number of esters is 1. The molecular weight excluding hydrogens is 442 g/mol. The highest BCUT2D eigenvalue weighted by molar-refractivity contribution is 6.00. The Labute approximate surface area is 197 Å². The van der Waals surface area contributed by atoms with E-state index < -0.39 is 23.5 Å². The number of aryl methyl sites for hydroxylation is 1. The number of benzene rings is 1. The second kappa shape index (κ2) is 10.7. The summed E-state index contributed by atoms with van der Waals surface area (Å²) >= 11 is 0. The lowest BCUT2D eigenvalue weighted by Crippen LogP contribution is -2.44. The number of ether oxygens (including phenoxy) is 3. The van der Waals surface area contributed by atoms with E-state index >= 15 is 0 Å². The number of carbonyl (C=O) groups excluding carboxylic acids is 3. The number of nitrogens with one attached hydrogen (secondary N) is 1. The van der Waals surface area contributed by atoms with Gasteiger partial charge in [-0.3, -0.25) is 24.0 Å². The summed E-state index contributed by atoms with van der Waals surface area (Å²) in [6.07, 6.45) is 0.471. The maximum atomic E-state index is 12.8. The monoisotopic (exact) mass is 471 g/mol. The topological polar surface area (TPSA) is 118 Å². The number of fused-ring (bicyclic) bond motifs is 1. The van der Waals surface area contributed by atoms with Crippen molar-refractivity contribution in [3.8, 4) is 11.8 Å². The lowest BCUT2D eigenvalue weighted by molar-refractivity contribution is -0.160. The molecule has 1 unspecified atom stereocenters. The Hall–Kier alpha value is -3.42. The van der Waals surface area contributed by atoms with Crippen molar-refractivity contribution in [2.75, 3.05) is 26.4 Å². The molecule has 0 aliphatic carbocycles. The molecule has 0 saturated carbocycles. The Morgan fingerprint density at radius 1 is 1.15 bits per heavy atom. The second-order valence-corrected chi connectivity index (χ2v) is 8.88. The summed E-state index contributed by atoms with van der Waals surface area (Å²) in [5.41, 5.74) is 1.05. The molecule has 0 spiro atoms. The predicted molar refractivity (Wildman–Crippen MR) is 123 cm³/mol. The zero-order chi connectivity index (χ0) is 24.9. The van der Waals surface area contributed by atoms with Crippen LogP contribution in [0.15, 0.2) is 23.0 Å². The molecule has 0 bridgehead atoms. The molecule has 2 aromatic rings. The van der Waals surface area contributed by atoms with Crippen LogP contribution in [0.5, 0.6) is 0 Å². The average Bonchev–Trinajstić information content (AvgIpc) is 2.99. The van der Waals surface area contributed by atoms with Gasteiger partial charge in [-0.05, 0) is 45.4 Å². The molecule has 3 rings (SSSR count). The van der Waals surface area contributed by atoms with Crippen molar-refractivity contribution in [1.82, 2.24) is 14.5 Å². The molecule has 1 aliphatic heterocycles. The van der Waals surface area contributed by atoms with Crippen LogP contribution in [-0.2, 0) is 35.6 Å². The van der Waals surface area contributed by atoms with Crippen molar-refractivity contribution in [1.29, 1.82) is 0 Å². The molecule has 34 heavy (non-hydrogen) atoms. The van der Waals surface area contributed by atoms with Gasteiger partial charge in [-0.1, -0.05) is 11.8 Å². The normalized spacial score (nSPS) is 16.2. The number of nitrogens with zero attached hydrogens (tertiary/aromatic N) is 2. The van der Waals surface area contributed by atoms with Gasteiger partial charge in [0.05, 0.1) is 24.2 Å². The van der Waals surface area contributed by atoms with Gasteiger partial charge in [0.1, 0.15) is 24.9 Å². The van der Waals surface area contributed by atoms with E-state index in [0.29, 0.717) is 16.6 Å². The van der Waals surface area contributed by atoms with Crippen LogP contribution in [0.3, 0.4) is 0 Å². The highest BCUT2D eigenvalue weighted by atomic mass is 16.6. The smallest absolute Gasteiger partial charge is 0.332 e. The van der Waals surface area contributed by atoms with Crippen LogP contribution in [0.25, 0.3) is 11.0 Å². The number of hydrogen-bond acceptors (Lipinski definition) is 7. The molecule has 2 amide bonds. The maximum Gasteiger partial charge on any atom is 0.332 e. The Bertz CT molecular complexity index is 1210. The summed E-state index contributed by atoms with van der Waals surface area (Å²) in [6, 6.07) is 4.56. The van der Waals surface area contributed by atoms with Crippen LogP contribution in [0, 0.1) is 11.8 Å². The fourth-order valence-electron chi connectivity index (χ4n) is 3.58. The van der Waals surface area contributed by atoms with E-state index in [1.165, 1.54) is 9.13 Å². The Balaban J connectivity index is 1.55. The zero-order valence-corrected chi connectivity index (χ0v) is 19.8. The molecule has 182 valence electrons. The minimum Gasteiger partial charge on any atom is -0.458 e. The number of carbonyl (C=O) groups is 3. The SMILES string of the molecule is Cn1c(=O)n(C2CCC(=O)NC2=O)c2ccc(C#CCOCCOCC(=O)OC(C)(C)C)cc21. The molecule has 1 saturated heterocycles. The van der Waals surface area contributed by atoms with Crippen LogP contribution in [0.2, 0.25) is 0 Å². The van der Waals surface area contributed by atoms with Crippen LogP contribution in [0.1, 0.15) is 45.2 Å². The molecule has 1 fully saturated rings. The molecule has 10 nitrogen and oxygen atoms in total. The number of imidazole rings is 1. The number of imide groups is 1. The average molecular weight is 472 g/mol. The minimum atomic E-state index is -0.725. The van der Waals surface area contributed by atoms with E-state index in [2.05, 4.69) is 17.2 Å². The maximum absolute atomic E-state index is 12.8. The van der Waals surface area contributed by atoms with E-state index in [1.54, 1.807) is 46.0 Å². The summed E-state index contributed by atoms with van der Waals surface area (Å²) in [7, 11) is 1.63. The fraction of sp³-hybridized carbons (Fsp3) is 0.500. The fourth-order valence-corrected chi connectivity index (χ4v) is 3.58. The molecule has 0 radical (unpaired) electrons. The lowest BCUT2D eigenvalue weighted by atomic mass is 10.1. The first kappa shape index (κ1) is 25.2. The highest BCUT2D eigenvalue weighted by Gasteiger charge is 2.31. The van der Waals surface area contributed by atoms with Gasteiger partial charge in [-0.2, -0.15) is 0 Å². The van der Waals surface area contributed by atoms with Crippen LogP contribution < -0.4 is 11.0 Å². The zero-order valence-electron chi connectivity index (χ0n) is 19.8. The molecule has 1 aromatic heterocycles. The largest absolute Gasteiger partial charge is 0.458 e. The molecule has 1 atom stereocenters. The third-order valence-corrected chi connectivity index (χ3v) is 5.03. The quantitative estimate of drug-likeness (QED) is 0.278.